The third-order valence-electron chi connectivity index (χ3n) is 5.60. The molecule has 0 aliphatic carbocycles. The largest absolute Gasteiger partial charge is 0.487 e. The van der Waals surface area contributed by atoms with Crippen LogP contribution in [0.1, 0.15) is 12.5 Å². The maximum atomic E-state index is 13.4. The third-order valence-corrected chi connectivity index (χ3v) is 5.89. The number of aliphatic hydroxyl groups excluding tert-OH is 1. The predicted molar refractivity (Wildman–Crippen MR) is 138 cm³/mol. The normalized spacial score (nSPS) is 16.9. The number of rotatable bonds is 7. The number of fused-ring (bicyclic) bond motifs is 1. The van der Waals surface area contributed by atoms with Crippen LogP contribution in [0.3, 0.4) is 0 Å². The molecule has 0 fully saturated rings. The predicted octanol–water partition coefficient (Wildman–Crippen LogP) is 5.29. The number of nitrogens with one attached hydrogen (secondary N) is 2. The first-order valence-electron chi connectivity index (χ1n) is 11.2. The van der Waals surface area contributed by atoms with Gasteiger partial charge in [0.1, 0.15) is 42.5 Å². The molecule has 0 bridgehead atoms. The Balaban J connectivity index is 1.33. The van der Waals surface area contributed by atoms with Crippen molar-refractivity contribution in [1.82, 2.24) is 9.97 Å². The number of aromatic nitrogens is 2. The lowest BCUT2D eigenvalue weighted by Crippen LogP contribution is -2.28. The van der Waals surface area contributed by atoms with E-state index in [2.05, 4.69) is 25.6 Å². The Hall–Kier alpha value is -3.95. The van der Waals surface area contributed by atoms with E-state index in [-0.39, 0.29) is 19.0 Å². The van der Waals surface area contributed by atoms with Gasteiger partial charge in [0, 0.05) is 16.8 Å². The zero-order chi connectivity index (χ0) is 25.1. The SMILES string of the molecule is CC1(CO)COC(Nc2ccc3ncnc(Nc4ccc(OCc5cccc(F)c5)c(Cl)c4)c3c2)=N1. The van der Waals surface area contributed by atoms with E-state index in [1.54, 1.807) is 24.3 Å². The number of anilines is 3. The molecule has 8 nitrogen and oxygen atoms in total. The molecule has 1 aliphatic heterocycles. The Morgan fingerprint density at radius 3 is 2.69 bits per heavy atom. The van der Waals surface area contributed by atoms with Gasteiger partial charge in [-0.15, -0.1) is 0 Å². The molecule has 1 unspecified atom stereocenters. The van der Waals surface area contributed by atoms with Crippen LogP contribution in [0.5, 0.6) is 5.75 Å². The smallest absolute Gasteiger partial charge is 0.290 e. The van der Waals surface area contributed by atoms with Gasteiger partial charge in [0.25, 0.3) is 6.02 Å². The quantitative estimate of drug-likeness (QED) is 0.312. The summed E-state index contributed by atoms with van der Waals surface area (Å²) in [7, 11) is 0. The first-order valence-corrected chi connectivity index (χ1v) is 11.6. The summed E-state index contributed by atoms with van der Waals surface area (Å²) in [6, 6.07) is 17.5. The summed E-state index contributed by atoms with van der Waals surface area (Å²) in [6.45, 7) is 2.22. The number of nitrogens with zero attached hydrogens (tertiary/aromatic N) is 3. The lowest BCUT2D eigenvalue weighted by Gasteiger charge is -2.13. The van der Waals surface area contributed by atoms with E-state index in [1.165, 1.54) is 18.5 Å². The van der Waals surface area contributed by atoms with Crippen LogP contribution in [0.2, 0.25) is 5.02 Å². The molecule has 2 heterocycles. The molecule has 0 radical (unpaired) electrons. The van der Waals surface area contributed by atoms with E-state index in [4.69, 9.17) is 21.1 Å². The van der Waals surface area contributed by atoms with Crippen molar-refractivity contribution in [3.63, 3.8) is 0 Å². The monoisotopic (exact) mass is 507 g/mol. The number of ether oxygens (including phenoxy) is 2. The molecular formula is C26H23ClFN5O3. The van der Waals surface area contributed by atoms with Crippen LogP contribution in [0.4, 0.5) is 21.6 Å². The van der Waals surface area contributed by atoms with Crippen LogP contribution >= 0.6 is 11.6 Å². The van der Waals surface area contributed by atoms with Gasteiger partial charge >= 0.3 is 0 Å². The fourth-order valence-corrected chi connectivity index (χ4v) is 3.89. The lowest BCUT2D eigenvalue weighted by atomic mass is 10.1. The van der Waals surface area contributed by atoms with Gasteiger partial charge < -0.3 is 25.2 Å². The lowest BCUT2D eigenvalue weighted by molar-refractivity contribution is 0.170. The van der Waals surface area contributed by atoms with E-state index in [0.717, 1.165) is 16.6 Å². The highest BCUT2D eigenvalue weighted by Gasteiger charge is 2.31. The number of aliphatic imine (C=N–C) groups is 1. The Kier molecular flexibility index (Phi) is 6.58. The Labute approximate surface area is 211 Å². The van der Waals surface area contributed by atoms with Crippen molar-refractivity contribution in [2.75, 3.05) is 23.8 Å². The Morgan fingerprint density at radius 1 is 1.08 bits per heavy atom. The maximum absolute atomic E-state index is 13.4. The highest BCUT2D eigenvalue weighted by molar-refractivity contribution is 6.32. The molecule has 0 saturated carbocycles. The van der Waals surface area contributed by atoms with Crippen LogP contribution in [0, 0.1) is 5.82 Å². The Morgan fingerprint density at radius 2 is 1.92 bits per heavy atom. The van der Waals surface area contributed by atoms with Crippen molar-refractivity contribution in [2.24, 2.45) is 4.99 Å². The van der Waals surface area contributed by atoms with Gasteiger partial charge in [0.05, 0.1) is 17.1 Å². The second-order valence-corrected chi connectivity index (χ2v) is 9.04. The van der Waals surface area contributed by atoms with Crippen LogP contribution < -0.4 is 15.4 Å². The average molecular weight is 508 g/mol. The van der Waals surface area contributed by atoms with Crippen molar-refractivity contribution >= 4 is 45.7 Å². The van der Waals surface area contributed by atoms with Gasteiger partial charge in [0.15, 0.2) is 0 Å². The minimum absolute atomic E-state index is 0.102. The fourth-order valence-electron chi connectivity index (χ4n) is 3.66. The molecule has 0 amide bonds. The number of amidine groups is 1. The van der Waals surface area contributed by atoms with Crippen LogP contribution in [-0.4, -0.2) is 39.8 Å². The van der Waals surface area contributed by atoms with E-state index >= 15 is 0 Å². The number of hydrogen-bond acceptors (Lipinski definition) is 8. The molecule has 0 spiro atoms. The zero-order valence-corrected chi connectivity index (χ0v) is 20.1. The number of hydrogen-bond donors (Lipinski definition) is 3. The summed E-state index contributed by atoms with van der Waals surface area (Å²) in [4.78, 5) is 13.1. The molecule has 184 valence electrons. The minimum Gasteiger partial charge on any atom is -0.487 e. The van der Waals surface area contributed by atoms with Gasteiger partial charge in [0.2, 0.25) is 0 Å². The zero-order valence-electron chi connectivity index (χ0n) is 19.3. The van der Waals surface area contributed by atoms with Gasteiger partial charge in [-0.3, -0.25) is 0 Å². The molecule has 3 N–H and O–H groups in total. The number of aliphatic hydroxyl groups is 1. The minimum atomic E-state index is -0.651. The van der Waals surface area contributed by atoms with E-state index in [9.17, 15) is 9.50 Å². The summed E-state index contributed by atoms with van der Waals surface area (Å²) < 4.78 is 24.7. The highest BCUT2D eigenvalue weighted by Crippen LogP contribution is 2.32. The molecule has 36 heavy (non-hydrogen) atoms. The maximum Gasteiger partial charge on any atom is 0.290 e. The topological polar surface area (TPSA) is 101 Å². The summed E-state index contributed by atoms with van der Waals surface area (Å²) in [5.41, 5.74) is 2.24. The van der Waals surface area contributed by atoms with Crippen LogP contribution in [-0.2, 0) is 11.3 Å². The second-order valence-electron chi connectivity index (χ2n) is 8.63. The molecule has 1 aromatic heterocycles. The van der Waals surface area contributed by atoms with E-state index in [1.807, 2.05) is 31.2 Å². The second kappa shape index (κ2) is 9.96. The molecular weight excluding hydrogens is 485 g/mol. The molecule has 10 heteroatoms. The van der Waals surface area contributed by atoms with Crippen molar-refractivity contribution in [1.29, 1.82) is 0 Å². The molecule has 0 saturated heterocycles. The highest BCUT2D eigenvalue weighted by atomic mass is 35.5. The summed E-state index contributed by atoms with van der Waals surface area (Å²) in [6.07, 6.45) is 1.48. The van der Waals surface area contributed by atoms with Crippen molar-refractivity contribution in [3.8, 4) is 5.75 Å². The standard InChI is InChI=1S/C26H23ClFN5O3/c1-26(13-34)14-36-25(33-26)32-18-5-7-22-20(10-18)24(30-15-29-22)31-19-6-8-23(21(27)11-19)35-12-16-3-2-4-17(28)9-16/h2-11,15,34H,12-14H2,1H3,(H,32,33)(H,29,30,31). The fraction of sp³-hybridized carbons (Fsp3) is 0.192. The van der Waals surface area contributed by atoms with Crippen molar-refractivity contribution < 1.29 is 19.0 Å². The molecule has 1 aliphatic rings. The van der Waals surface area contributed by atoms with Crippen molar-refractivity contribution in [2.45, 2.75) is 19.1 Å². The van der Waals surface area contributed by atoms with E-state index < -0.39 is 5.54 Å². The first kappa shape index (κ1) is 23.8. The van der Waals surface area contributed by atoms with E-state index in [0.29, 0.717) is 40.5 Å². The molecule has 4 aromatic rings. The molecule has 5 rings (SSSR count). The van der Waals surface area contributed by atoms with Gasteiger partial charge in [-0.2, -0.15) is 0 Å². The first-order chi connectivity index (χ1) is 17.4. The Bertz CT molecular complexity index is 1450. The summed E-state index contributed by atoms with van der Waals surface area (Å²) >= 11 is 6.44. The summed E-state index contributed by atoms with van der Waals surface area (Å²) in [5, 5.41) is 17.1. The molecule has 3 aromatic carbocycles. The van der Waals surface area contributed by atoms with Gasteiger partial charge in [-0.1, -0.05) is 23.7 Å². The third kappa shape index (κ3) is 5.32. The number of halogens is 2. The van der Waals surface area contributed by atoms with Gasteiger partial charge in [-0.25, -0.2) is 19.4 Å². The molecule has 1 atom stereocenters. The number of benzene rings is 3. The average Bonchev–Trinajstić information content (AvgIpc) is 3.25. The summed E-state index contributed by atoms with van der Waals surface area (Å²) in [5.74, 6) is 0.755. The van der Waals surface area contributed by atoms with Gasteiger partial charge in [-0.05, 0) is 61.0 Å². The van der Waals surface area contributed by atoms with Crippen LogP contribution in [0.25, 0.3) is 10.9 Å². The van der Waals surface area contributed by atoms with Crippen LogP contribution in [0.15, 0.2) is 72.0 Å². The van der Waals surface area contributed by atoms with Crippen molar-refractivity contribution in [3.05, 3.63) is 83.4 Å².